The largest absolute Gasteiger partial charge is 0.338 e. The van der Waals surface area contributed by atoms with Crippen molar-refractivity contribution < 1.29 is 9.72 Å². The molecule has 172 valence electrons. The van der Waals surface area contributed by atoms with Gasteiger partial charge in [-0.1, -0.05) is 35.5 Å². The molecule has 5 rings (SSSR count). The van der Waals surface area contributed by atoms with Crippen LogP contribution in [0.4, 0.5) is 5.69 Å². The minimum absolute atomic E-state index is 0.0659. The maximum absolute atomic E-state index is 13.0. The van der Waals surface area contributed by atoms with E-state index in [1.807, 2.05) is 30.3 Å². The van der Waals surface area contributed by atoms with Gasteiger partial charge >= 0.3 is 0 Å². The normalized spacial score (nSPS) is 16.0. The predicted octanol–water partition coefficient (Wildman–Crippen LogP) is 2.49. The summed E-state index contributed by atoms with van der Waals surface area (Å²) >= 11 is 0. The lowest BCUT2D eigenvalue weighted by atomic mass is 9.96. The van der Waals surface area contributed by atoms with Gasteiger partial charge in [0.1, 0.15) is 5.82 Å². The Morgan fingerprint density at radius 3 is 2.65 bits per heavy atom. The minimum Gasteiger partial charge on any atom is -0.338 e. The van der Waals surface area contributed by atoms with Gasteiger partial charge in [0, 0.05) is 36.7 Å². The van der Waals surface area contributed by atoms with Crippen LogP contribution >= 0.6 is 0 Å². The Morgan fingerprint density at radius 2 is 1.91 bits per heavy atom. The van der Waals surface area contributed by atoms with Gasteiger partial charge in [-0.2, -0.15) is 0 Å². The van der Waals surface area contributed by atoms with Crippen LogP contribution in [0.1, 0.15) is 40.5 Å². The number of nitro benzene ring substituents is 1. The zero-order valence-corrected chi connectivity index (χ0v) is 18.1. The average molecular weight is 459 g/mol. The average Bonchev–Trinajstić information content (AvgIpc) is 3.27. The van der Waals surface area contributed by atoms with E-state index >= 15 is 0 Å². The number of amides is 1. The summed E-state index contributed by atoms with van der Waals surface area (Å²) in [6, 6.07) is 15.3. The van der Waals surface area contributed by atoms with E-state index in [1.165, 1.54) is 24.3 Å². The maximum Gasteiger partial charge on any atom is 0.281 e. The number of likely N-dealkylation sites (tertiary alicyclic amines) is 1. The molecule has 1 unspecified atom stereocenters. The van der Waals surface area contributed by atoms with Gasteiger partial charge in [-0.05, 0) is 30.5 Å². The highest BCUT2D eigenvalue weighted by atomic mass is 16.6. The fraction of sp³-hybridized carbons (Fsp3) is 0.261. The number of aromatic amines is 1. The van der Waals surface area contributed by atoms with Crippen molar-refractivity contribution in [3.8, 4) is 0 Å². The first-order valence-corrected chi connectivity index (χ1v) is 10.9. The van der Waals surface area contributed by atoms with Crippen LogP contribution in [-0.4, -0.2) is 53.8 Å². The van der Waals surface area contributed by atoms with E-state index in [0.29, 0.717) is 36.7 Å². The lowest BCUT2D eigenvalue weighted by molar-refractivity contribution is -0.384. The Hall–Kier alpha value is -4.41. The topological polar surface area (TPSA) is 140 Å². The fourth-order valence-electron chi connectivity index (χ4n) is 4.23. The Morgan fingerprint density at radius 1 is 1.15 bits per heavy atom. The second kappa shape index (κ2) is 8.85. The molecule has 11 heteroatoms. The number of benzene rings is 2. The lowest BCUT2D eigenvalue weighted by Gasteiger charge is -2.32. The summed E-state index contributed by atoms with van der Waals surface area (Å²) in [7, 11) is 0. The molecule has 0 radical (unpaired) electrons. The molecule has 3 heterocycles. The number of hydrogen-bond acceptors (Lipinski definition) is 7. The van der Waals surface area contributed by atoms with E-state index in [4.69, 9.17) is 0 Å². The standard InChI is InChI=1S/C23H21N7O4/c31-22-19-21(29(27-26-19)13-15-5-2-1-3-6-15)24-20(25-22)17-7-4-12-28(14-17)23(32)16-8-10-18(11-9-16)30(33)34/h1-3,5-6,8-11,17H,4,7,12-14H2,(H,24,25,31). The third kappa shape index (κ3) is 4.15. The van der Waals surface area contributed by atoms with Crippen LogP contribution < -0.4 is 5.56 Å². The molecule has 1 atom stereocenters. The van der Waals surface area contributed by atoms with E-state index in [9.17, 15) is 19.7 Å². The summed E-state index contributed by atoms with van der Waals surface area (Å²) in [5.41, 5.74) is 1.54. The number of nitro groups is 1. The van der Waals surface area contributed by atoms with Gasteiger partial charge in [0.05, 0.1) is 11.5 Å². The SMILES string of the molecule is O=C(c1ccc([N+](=O)[O-])cc1)N1CCCC(c2nc3c(nnn3Cc3ccccc3)c(=O)[nH]2)C1. The number of carbonyl (C=O) groups is 1. The van der Waals surface area contributed by atoms with Crippen molar-refractivity contribution in [3.63, 3.8) is 0 Å². The highest BCUT2D eigenvalue weighted by molar-refractivity contribution is 5.94. The molecule has 0 saturated carbocycles. The molecule has 1 N–H and O–H groups in total. The van der Waals surface area contributed by atoms with Crippen molar-refractivity contribution in [2.75, 3.05) is 13.1 Å². The third-order valence-electron chi connectivity index (χ3n) is 5.99. The number of piperidine rings is 1. The minimum atomic E-state index is -0.499. The Balaban J connectivity index is 1.39. The van der Waals surface area contributed by atoms with Gasteiger partial charge in [-0.25, -0.2) is 9.67 Å². The number of nitrogens with zero attached hydrogens (tertiary/aromatic N) is 6. The molecule has 34 heavy (non-hydrogen) atoms. The summed E-state index contributed by atoms with van der Waals surface area (Å²) in [6.07, 6.45) is 1.51. The number of aromatic nitrogens is 5. The first-order chi connectivity index (χ1) is 16.5. The molecule has 1 aliphatic rings. The van der Waals surface area contributed by atoms with Crippen molar-refractivity contribution >= 4 is 22.8 Å². The fourth-order valence-corrected chi connectivity index (χ4v) is 4.23. The molecule has 0 aliphatic carbocycles. The second-order valence-corrected chi connectivity index (χ2v) is 8.25. The van der Waals surface area contributed by atoms with Crippen LogP contribution in [0.3, 0.4) is 0 Å². The lowest BCUT2D eigenvalue weighted by Crippen LogP contribution is -2.40. The number of fused-ring (bicyclic) bond motifs is 1. The van der Waals surface area contributed by atoms with Gasteiger partial charge in [-0.3, -0.25) is 19.7 Å². The van der Waals surface area contributed by atoms with Gasteiger partial charge in [-0.15, -0.1) is 5.10 Å². The van der Waals surface area contributed by atoms with Crippen molar-refractivity contribution in [1.29, 1.82) is 0 Å². The maximum atomic E-state index is 13.0. The molecule has 11 nitrogen and oxygen atoms in total. The molecule has 0 bridgehead atoms. The molecule has 1 fully saturated rings. The van der Waals surface area contributed by atoms with Crippen molar-refractivity contribution in [3.05, 3.63) is 92.0 Å². The van der Waals surface area contributed by atoms with E-state index in [1.54, 1.807) is 9.58 Å². The van der Waals surface area contributed by atoms with Crippen molar-refractivity contribution in [2.45, 2.75) is 25.3 Å². The zero-order chi connectivity index (χ0) is 23.7. The number of rotatable bonds is 5. The molecular weight excluding hydrogens is 438 g/mol. The van der Waals surface area contributed by atoms with Crippen LogP contribution in [0.5, 0.6) is 0 Å². The number of carbonyl (C=O) groups excluding carboxylic acids is 1. The molecule has 1 saturated heterocycles. The smallest absolute Gasteiger partial charge is 0.281 e. The molecule has 0 spiro atoms. The first kappa shape index (κ1) is 21.4. The monoisotopic (exact) mass is 459 g/mol. The van der Waals surface area contributed by atoms with Crippen LogP contribution in [0.15, 0.2) is 59.4 Å². The Bertz CT molecular complexity index is 1410. The highest BCUT2D eigenvalue weighted by Gasteiger charge is 2.28. The number of H-pyrrole nitrogens is 1. The van der Waals surface area contributed by atoms with E-state index in [2.05, 4.69) is 20.3 Å². The Labute approximate surface area is 193 Å². The summed E-state index contributed by atoms with van der Waals surface area (Å²) in [5.74, 6) is 0.127. The van der Waals surface area contributed by atoms with Crippen LogP contribution in [0.25, 0.3) is 11.2 Å². The molecule has 4 aromatic rings. The quantitative estimate of drug-likeness (QED) is 0.357. The predicted molar refractivity (Wildman–Crippen MR) is 122 cm³/mol. The summed E-state index contributed by atoms with van der Waals surface area (Å²) in [5, 5.41) is 19.0. The van der Waals surface area contributed by atoms with Crippen molar-refractivity contribution in [2.24, 2.45) is 0 Å². The number of non-ortho nitro benzene ring substituents is 1. The zero-order valence-electron chi connectivity index (χ0n) is 18.1. The van der Waals surface area contributed by atoms with E-state index in [0.717, 1.165) is 18.4 Å². The van der Waals surface area contributed by atoms with Crippen LogP contribution in [0, 0.1) is 10.1 Å². The second-order valence-electron chi connectivity index (χ2n) is 8.25. The Kier molecular flexibility index (Phi) is 5.58. The molecule has 1 aliphatic heterocycles. The van der Waals surface area contributed by atoms with Gasteiger partial charge < -0.3 is 9.88 Å². The molecule has 2 aromatic heterocycles. The summed E-state index contributed by atoms with van der Waals surface area (Å²) in [6.45, 7) is 1.37. The van der Waals surface area contributed by atoms with Gasteiger partial charge in [0.15, 0.2) is 11.2 Å². The third-order valence-corrected chi connectivity index (χ3v) is 5.99. The van der Waals surface area contributed by atoms with Crippen LogP contribution in [-0.2, 0) is 6.54 Å². The highest BCUT2D eigenvalue weighted by Crippen LogP contribution is 2.26. The van der Waals surface area contributed by atoms with Crippen molar-refractivity contribution in [1.82, 2.24) is 29.9 Å². The molecular formula is C23H21N7O4. The van der Waals surface area contributed by atoms with E-state index in [-0.39, 0.29) is 28.6 Å². The van der Waals surface area contributed by atoms with Gasteiger partial charge in [0.2, 0.25) is 0 Å². The first-order valence-electron chi connectivity index (χ1n) is 10.9. The number of nitrogens with one attached hydrogen (secondary N) is 1. The molecule has 1 amide bonds. The summed E-state index contributed by atoms with van der Waals surface area (Å²) < 4.78 is 1.60. The van der Waals surface area contributed by atoms with Crippen LogP contribution in [0.2, 0.25) is 0 Å². The number of hydrogen-bond donors (Lipinski definition) is 1. The van der Waals surface area contributed by atoms with Gasteiger partial charge in [0.25, 0.3) is 17.2 Å². The van der Waals surface area contributed by atoms with E-state index < -0.39 is 4.92 Å². The summed E-state index contributed by atoms with van der Waals surface area (Å²) in [4.78, 5) is 45.3. The molecule has 2 aromatic carbocycles.